The number of H-pyrrole nitrogens is 1. The van der Waals surface area contributed by atoms with Gasteiger partial charge in [0.15, 0.2) is 11.5 Å². The lowest BCUT2D eigenvalue weighted by Gasteiger charge is -2.37. The van der Waals surface area contributed by atoms with Crippen molar-refractivity contribution in [1.29, 1.82) is 0 Å². The molecule has 2 aromatic heterocycles. The van der Waals surface area contributed by atoms with Crippen molar-refractivity contribution in [3.8, 4) is 22.9 Å². The summed E-state index contributed by atoms with van der Waals surface area (Å²) in [6.07, 6.45) is 3.23. The van der Waals surface area contributed by atoms with Crippen LogP contribution in [-0.4, -0.2) is 65.5 Å². The van der Waals surface area contributed by atoms with E-state index < -0.39 is 5.41 Å². The molecule has 0 radical (unpaired) electrons. The standard InChI is InChI=1S/C34H35N5O4/c1-34(2)24-10-12-26-30(38-31(37-26)23-9-11-25-22(20-23)7-5-16-36-25)29(24)32(40)39(33(34)41)18-6-15-35-17-14-21-8-13-27(42-3)28(19-21)43-4/h5,7-13,16,19-20,35H,6,14-15,17-18H2,1-4H3,(H,37,38). The number of rotatable bonds is 10. The van der Waals surface area contributed by atoms with E-state index in [4.69, 9.17) is 14.5 Å². The monoisotopic (exact) mass is 577 g/mol. The summed E-state index contributed by atoms with van der Waals surface area (Å²) in [5.41, 5.74) is 4.63. The van der Waals surface area contributed by atoms with Gasteiger partial charge in [-0.05, 0) is 93.4 Å². The summed E-state index contributed by atoms with van der Waals surface area (Å²) in [6.45, 7) is 5.52. The highest BCUT2D eigenvalue weighted by atomic mass is 16.5. The fraction of sp³-hybridized carbons (Fsp3) is 0.294. The summed E-state index contributed by atoms with van der Waals surface area (Å²) in [5, 5.41) is 4.44. The van der Waals surface area contributed by atoms with E-state index in [0.29, 0.717) is 53.5 Å². The van der Waals surface area contributed by atoms with Crippen LogP contribution in [0.1, 0.15) is 41.8 Å². The van der Waals surface area contributed by atoms with Gasteiger partial charge in [-0.15, -0.1) is 0 Å². The number of nitrogens with zero attached hydrogens (tertiary/aromatic N) is 3. The summed E-state index contributed by atoms with van der Waals surface area (Å²) in [5.74, 6) is 1.59. The van der Waals surface area contributed by atoms with Crippen LogP contribution >= 0.6 is 0 Å². The number of imidazole rings is 1. The van der Waals surface area contributed by atoms with Crippen molar-refractivity contribution >= 4 is 33.8 Å². The Labute approximate surface area is 250 Å². The van der Waals surface area contributed by atoms with Gasteiger partial charge in [-0.1, -0.05) is 18.2 Å². The summed E-state index contributed by atoms with van der Waals surface area (Å²) in [4.78, 5) is 41.5. The molecule has 9 heteroatoms. The Bertz CT molecular complexity index is 1840. The predicted molar refractivity (Wildman–Crippen MR) is 167 cm³/mol. The van der Waals surface area contributed by atoms with Gasteiger partial charge in [-0.2, -0.15) is 0 Å². The highest BCUT2D eigenvalue weighted by Crippen LogP contribution is 2.38. The molecule has 9 nitrogen and oxygen atoms in total. The second kappa shape index (κ2) is 11.5. The van der Waals surface area contributed by atoms with Crippen molar-refractivity contribution < 1.29 is 19.1 Å². The fourth-order valence-electron chi connectivity index (χ4n) is 5.81. The van der Waals surface area contributed by atoms with Gasteiger partial charge in [0.05, 0.1) is 36.2 Å². The lowest BCUT2D eigenvalue weighted by Crippen LogP contribution is -2.52. The average molecular weight is 578 g/mol. The molecule has 0 bridgehead atoms. The molecule has 0 saturated carbocycles. The highest BCUT2D eigenvalue weighted by Gasteiger charge is 2.45. The van der Waals surface area contributed by atoms with Gasteiger partial charge in [0, 0.05) is 23.7 Å². The number of imide groups is 1. The number of aromatic nitrogens is 3. The molecule has 2 amide bonds. The van der Waals surface area contributed by atoms with Crippen LogP contribution in [0.25, 0.3) is 33.3 Å². The number of carbonyl (C=O) groups excluding carboxylic acids is 2. The average Bonchev–Trinajstić information content (AvgIpc) is 3.47. The normalized spacial score (nSPS) is 14.4. The van der Waals surface area contributed by atoms with Crippen LogP contribution in [0.3, 0.4) is 0 Å². The zero-order chi connectivity index (χ0) is 30.1. The molecule has 0 atom stereocenters. The van der Waals surface area contributed by atoms with Gasteiger partial charge < -0.3 is 19.8 Å². The van der Waals surface area contributed by atoms with Gasteiger partial charge in [-0.25, -0.2) is 4.98 Å². The SMILES string of the molecule is COc1ccc(CCNCCCN2C(=O)c3c(ccc4[nH]c(-c5ccc6ncccc6c5)nc34)C(C)(C)C2=O)cc1OC. The fourth-order valence-corrected chi connectivity index (χ4v) is 5.81. The molecule has 0 saturated heterocycles. The van der Waals surface area contributed by atoms with Crippen LogP contribution in [-0.2, 0) is 16.6 Å². The second-order valence-electron chi connectivity index (χ2n) is 11.3. The molecule has 3 heterocycles. The van der Waals surface area contributed by atoms with Crippen LogP contribution in [0.2, 0.25) is 0 Å². The minimum atomic E-state index is -0.855. The van der Waals surface area contributed by atoms with Crippen LogP contribution < -0.4 is 14.8 Å². The number of fused-ring (bicyclic) bond motifs is 4. The van der Waals surface area contributed by atoms with Crippen molar-refractivity contribution in [2.24, 2.45) is 0 Å². The van der Waals surface area contributed by atoms with Crippen molar-refractivity contribution in [1.82, 2.24) is 25.2 Å². The smallest absolute Gasteiger partial charge is 0.263 e. The summed E-state index contributed by atoms with van der Waals surface area (Å²) < 4.78 is 10.7. The number of amides is 2. The van der Waals surface area contributed by atoms with E-state index in [1.165, 1.54) is 4.90 Å². The third kappa shape index (κ3) is 5.21. The number of aromatic amines is 1. The number of benzene rings is 3. The molecule has 0 spiro atoms. The molecule has 0 unspecified atom stereocenters. The molecular formula is C34H35N5O4. The zero-order valence-corrected chi connectivity index (χ0v) is 24.9. The number of nitrogens with one attached hydrogen (secondary N) is 2. The Balaban J connectivity index is 1.17. The van der Waals surface area contributed by atoms with E-state index in [2.05, 4.69) is 15.3 Å². The van der Waals surface area contributed by atoms with Crippen molar-refractivity contribution in [2.45, 2.75) is 32.1 Å². The van der Waals surface area contributed by atoms with Gasteiger partial charge in [0.25, 0.3) is 5.91 Å². The number of methoxy groups -OCH3 is 2. The summed E-state index contributed by atoms with van der Waals surface area (Å²) >= 11 is 0. The lowest BCUT2D eigenvalue weighted by molar-refractivity contribution is -0.134. The second-order valence-corrected chi connectivity index (χ2v) is 11.3. The molecule has 0 aliphatic carbocycles. The van der Waals surface area contributed by atoms with E-state index in [-0.39, 0.29) is 11.8 Å². The van der Waals surface area contributed by atoms with E-state index in [9.17, 15) is 9.59 Å². The molecule has 6 rings (SSSR count). The van der Waals surface area contributed by atoms with E-state index in [1.807, 2.05) is 74.5 Å². The van der Waals surface area contributed by atoms with E-state index in [1.54, 1.807) is 20.4 Å². The maximum Gasteiger partial charge on any atom is 0.263 e. The number of pyridine rings is 1. The molecule has 220 valence electrons. The van der Waals surface area contributed by atoms with E-state index >= 15 is 0 Å². The van der Waals surface area contributed by atoms with Crippen molar-refractivity contribution in [2.75, 3.05) is 33.9 Å². The van der Waals surface area contributed by atoms with Crippen LogP contribution in [0.4, 0.5) is 0 Å². The number of ether oxygens (including phenoxy) is 2. The Hall–Kier alpha value is -4.76. The minimum Gasteiger partial charge on any atom is -0.493 e. The number of hydrogen-bond acceptors (Lipinski definition) is 7. The van der Waals surface area contributed by atoms with Crippen LogP contribution in [0.15, 0.2) is 66.9 Å². The topological polar surface area (TPSA) is 109 Å². The predicted octanol–water partition coefficient (Wildman–Crippen LogP) is 5.28. The first-order valence-electron chi connectivity index (χ1n) is 14.5. The van der Waals surface area contributed by atoms with Gasteiger partial charge in [0.2, 0.25) is 5.91 Å². The number of hydrogen-bond donors (Lipinski definition) is 2. The Morgan fingerprint density at radius 1 is 0.953 bits per heavy atom. The first-order chi connectivity index (χ1) is 20.8. The van der Waals surface area contributed by atoms with Crippen LogP contribution in [0.5, 0.6) is 11.5 Å². The quantitative estimate of drug-likeness (QED) is 0.172. The first-order valence-corrected chi connectivity index (χ1v) is 14.5. The van der Waals surface area contributed by atoms with Crippen molar-refractivity contribution in [3.63, 3.8) is 0 Å². The molecule has 0 fully saturated rings. The maximum absolute atomic E-state index is 13.9. The van der Waals surface area contributed by atoms with Gasteiger partial charge in [-0.3, -0.25) is 19.5 Å². The largest absolute Gasteiger partial charge is 0.493 e. The molecule has 2 N–H and O–H groups in total. The first kappa shape index (κ1) is 28.4. The van der Waals surface area contributed by atoms with Gasteiger partial charge in [0.1, 0.15) is 11.3 Å². The maximum atomic E-state index is 13.9. The Kier molecular flexibility index (Phi) is 7.58. The molecule has 1 aliphatic heterocycles. The van der Waals surface area contributed by atoms with Crippen molar-refractivity contribution in [3.05, 3.63) is 83.6 Å². The minimum absolute atomic E-state index is 0.188. The number of carbonyl (C=O) groups is 2. The third-order valence-corrected chi connectivity index (χ3v) is 8.22. The Morgan fingerprint density at radius 2 is 1.79 bits per heavy atom. The molecule has 43 heavy (non-hydrogen) atoms. The molecule has 1 aliphatic rings. The third-order valence-electron chi connectivity index (χ3n) is 8.22. The van der Waals surface area contributed by atoms with E-state index in [0.717, 1.165) is 40.5 Å². The Morgan fingerprint density at radius 3 is 2.60 bits per heavy atom. The van der Waals surface area contributed by atoms with Gasteiger partial charge >= 0.3 is 0 Å². The molecule has 3 aromatic carbocycles. The molecular weight excluding hydrogens is 542 g/mol. The zero-order valence-electron chi connectivity index (χ0n) is 24.9. The highest BCUT2D eigenvalue weighted by molar-refractivity contribution is 6.18. The van der Waals surface area contributed by atoms with Crippen LogP contribution in [0, 0.1) is 0 Å². The summed E-state index contributed by atoms with van der Waals surface area (Å²) in [6, 6.07) is 19.6. The molecule has 5 aromatic rings. The summed E-state index contributed by atoms with van der Waals surface area (Å²) in [7, 11) is 3.25. The lowest BCUT2D eigenvalue weighted by atomic mass is 9.76.